The van der Waals surface area contributed by atoms with Crippen molar-refractivity contribution in [3.8, 4) is 0 Å². The average Bonchev–Trinajstić information content (AvgIpc) is 2.36. The molecular formula is C15H13F4N. The summed E-state index contributed by atoms with van der Waals surface area (Å²) in [4.78, 5) is 0. The van der Waals surface area contributed by atoms with Crippen molar-refractivity contribution in [1.29, 1.82) is 0 Å². The summed E-state index contributed by atoms with van der Waals surface area (Å²) >= 11 is 0. The van der Waals surface area contributed by atoms with Crippen molar-refractivity contribution >= 4 is 5.69 Å². The quantitative estimate of drug-likeness (QED) is 0.800. The molecular weight excluding hydrogens is 270 g/mol. The third-order valence-electron chi connectivity index (χ3n) is 2.85. The molecule has 0 saturated carbocycles. The molecule has 2 rings (SSSR count). The van der Waals surface area contributed by atoms with E-state index in [4.69, 9.17) is 0 Å². The molecule has 0 radical (unpaired) electrons. The van der Waals surface area contributed by atoms with Crippen LogP contribution in [0.2, 0.25) is 0 Å². The normalized spacial score (nSPS) is 11.4. The Hall–Kier alpha value is -2.04. The van der Waals surface area contributed by atoms with Gasteiger partial charge in [0.1, 0.15) is 5.82 Å². The molecule has 0 heterocycles. The predicted molar refractivity (Wildman–Crippen MR) is 69.9 cm³/mol. The summed E-state index contributed by atoms with van der Waals surface area (Å²) in [5.41, 5.74) is 0.995. The molecule has 106 valence electrons. The van der Waals surface area contributed by atoms with Crippen LogP contribution in [-0.4, -0.2) is 0 Å². The zero-order valence-electron chi connectivity index (χ0n) is 10.8. The minimum Gasteiger partial charge on any atom is -0.381 e. The Morgan fingerprint density at radius 1 is 1.05 bits per heavy atom. The maximum Gasteiger partial charge on any atom is 0.419 e. The lowest BCUT2D eigenvalue weighted by Gasteiger charge is -2.11. The number of anilines is 1. The number of hydrogen-bond donors (Lipinski definition) is 1. The SMILES string of the molecule is Cc1cccc(NCc2ccc(F)c(C(F)(F)F)c2)c1. The van der Waals surface area contributed by atoms with Crippen molar-refractivity contribution in [1.82, 2.24) is 0 Å². The smallest absolute Gasteiger partial charge is 0.381 e. The van der Waals surface area contributed by atoms with E-state index in [9.17, 15) is 17.6 Å². The van der Waals surface area contributed by atoms with E-state index in [0.717, 1.165) is 23.4 Å². The van der Waals surface area contributed by atoms with Gasteiger partial charge in [0.2, 0.25) is 0 Å². The van der Waals surface area contributed by atoms with Crippen LogP contribution >= 0.6 is 0 Å². The van der Waals surface area contributed by atoms with Crippen LogP contribution in [0.5, 0.6) is 0 Å². The van der Waals surface area contributed by atoms with E-state index < -0.39 is 17.6 Å². The van der Waals surface area contributed by atoms with Crippen molar-refractivity contribution in [2.75, 3.05) is 5.32 Å². The lowest BCUT2D eigenvalue weighted by Crippen LogP contribution is -2.10. The van der Waals surface area contributed by atoms with E-state index in [1.54, 1.807) is 0 Å². The minimum atomic E-state index is -4.68. The Morgan fingerprint density at radius 3 is 2.45 bits per heavy atom. The average molecular weight is 283 g/mol. The fourth-order valence-electron chi connectivity index (χ4n) is 1.86. The van der Waals surface area contributed by atoms with E-state index in [0.29, 0.717) is 5.56 Å². The molecule has 0 spiro atoms. The number of benzene rings is 2. The molecule has 2 aromatic rings. The third kappa shape index (κ3) is 3.50. The van der Waals surface area contributed by atoms with Crippen LogP contribution in [0.1, 0.15) is 16.7 Å². The minimum absolute atomic E-state index is 0.201. The number of nitrogens with one attached hydrogen (secondary N) is 1. The Bertz CT molecular complexity index is 605. The van der Waals surface area contributed by atoms with Crippen molar-refractivity contribution in [3.63, 3.8) is 0 Å². The standard InChI is InChI=1S/C15H13F4N/c1-10-3-2-4-12(7-10)20-9-11-5-6-14(16)13(8-11)15(17,18)19/h2-8,20H,9H2,1H3. The van der Waals surface area contributed by atoms with Gasteiger partial charge < -0.3 is 5.32 Å². The molecule has 5 heteroatoms. The van der Waals surface area contributed by atoms with Crippen LogP contribution in [0.25, 0.3) is 0 Å². The highest BCUT2D eigenvalue weighted by Gasteiger charge is 2.34. The first-order valence-corrected chi connectivity index (χ1v) is 6.02. The van der Waals surface area contributed by atoms with E-state index in [1.165, 1.54) is 6.07 Å². The molecule has 0 fully saturated rings. The Kier molecular flexibility index (Phi) is 3.97. The highest BCUT2D eigenvalue weighted by atomic mass is 19.4. The van der Waals surface area contributed by atoms with Gasteiger partial charge in [-0.1, -0.05) is 18.2 Å². The number of halogens is 4. The van der Waals surface area contributed by atoms with Crippen LogP contribution in [0.15, 0.2) is 42.5 Å². The van der Waals surface area contributed by atoms with Gasteiger partial charge in [-0.3, -0.25) is 0 Å². The lowest BCUT2D eigenvalue weighted by atomic mass is 10.1. The number of aryl methyl sites for hydroxylation is 1. The van der Waals surface area contributed by atoms with Crippen LogP contribution in [-0.2, 0) is 12.7 Å². The van der Waals surface area contributed by atoms with Gasteiger partial charge in [-0.25, -0.2) is 4.39 Å². The number of hydrogen-bond acceptors (Lipinski definition) is 1. The van der Waals surface area contributed by atoms with Gasteiger partial charge >= 0.3 is 6.18 Å². The maximum absolute atomic E-state index is 13.1. The summed E-state index contributed by atoms with van der Waals surface area (Å²) in [6.45, 7) is 2.12. The third-order valence-corrected chi connectivity index (χ3v) is 2.85. The summed E-state index contributed by atoms with van der Waals surface area (Å²) in [6, 6.07) is 10.5. The second kappa shape index (κ2) is 5.53. The van der Waals surface area contributed by atoms with Crippen LogP contribution in [0.4, 0.5) is 23.2 Å². The molecule has 0 bridgehead atoms. The second-order valence-corrected chi connectivity index (χ2v) is 4.53. The first-order chi connectivity index (χ1) is 9.36. The van der Waals surface area contributed by atoms with E-state index in [1.807, 2.05) is 31.2 Å². The summed E-state index contributed by atoms with van der Waals surface area (Å²) in [6.07, 6.45) is -4.68. The van der Waals surface area contributed by atoms with Crippen LogP contribution in [0.3, 0.4) is 0 Å². The summed E-state index contributed by atoms with van der Waals surface area (Å²) in [7, 11) is 0. The van der Waals surface area contributed by atoms with E-state index >= 15 is 0 Å². The fourth-order valence-corrected chi connectivity index (χ4v) is 1.86. The summed E-state index contributed by atoms with van der Waals surface area (Å²) in [5.74, 6) is -1.25. The monoisotopic (exact) mass is 283 g/mol. The van der Waals surface area contributed by atoms with Crippen LogP contribution < -0.4 is 5.32 Å². The molecule has 1 nitrogen and oxygen atoms in total. The summed E-state index contributed by atoms with van der Waals surface area (Å²) in [5, 5.41) is 3.01. The molecule has 2 aromatic carbocycles. The first kappa shape index (κ1) is 14.4. The lowest BCUT2D eigenvalue weighted by molar-refractivity contribution is -0.140. The molecule has 20 heavy (non-hydrogen) atoms. The highest BCUT2D eigenvalue weighted by Crippen LogP contribution is 2.32. The van der Waals surface area contributed by atoms with Crippen molar-refractivity contribution in [2.24, 2.45) is 0 Å². The number of rotatable bonds is 3. The molecule has 0 aliphatic rings. The molecule has 0 saturated heterocycles. The molecule has 0 aromatic heterocycles. The van der Waals surface area contributed by atoms with Crippen molar-refractivity contribution in [2.45, 2.75) is 19.6 Å². The van der Waals surface area contributed by atoms with Gasteiger partial charge in [0.25, 0.3) is 0 Å². The molecule has 0 unspecified atom stereocenters. The Morgan fingerprint density at radius 2 is 1.80 bits per heavy atom. The summed E-state index contributed by atoms with van der Waals surface area (Å²) < 4.78 is 50.9. The Balaban J connectivity index is 2.14. The van der Waals surface area contributed by atoms with Crippen molar-refractivity contribution in [3.05, 3.63) is 65.0 Å². The van der Waals surface area contributed by atoms with Gasteiger partial charge in [0.05, 0.1) is 5.56 Å². The Labute approximate surface area is 114 Å². The topological polar surface area (TPSA) is 12.0 Å². The molecule has 0 amide bonds. The fraction of sp³-hybridized carbons (Fsp3) is 0.200. The molecule has 0 aliphatic carbocycles. The van der Waals surface area contributed by atoms with Gasteiger partial charge in [0.15, 0.2) is 0 Å². The van der Waals surface area contributed by atoms with Gasteiger partial charge in [-0.05, 0) is 42.3 Å². The zero-order chi connectivity index (χ0) is 14.8. The molecule has 0 aliphatic heterocycles. The van der Waals surface area contributed by atoms with Gasteiger partial charge in [-0.2, -0.15) is 13.2 Å². The van der Waals surface area contributed by atoms with Gasteiger partial charge in [0, 0.05) is 12.2 Å². The first-order valence-electron chi connectivity index (χ1n) is 6.02. The largest absolute Gasteiger partial charge is 0.419 e. The van der Waals surface area contributed by atoms with Crippen LogP contribution in [0, 0.1) is 12.7 Å². The number of alkyl halides is 3. The highest BCUT2D eigenvalue weighted by molar-refractivity contribution is 5.46. The molecule has 0 atom stereocenters. The zero-order valence-corrected chi connectivity index (χ0v) is 10.8. The second-order valence-electron chi connectivity index (χ2n) is 4.53. The maximum atomic E-state index is 13.1. The van der Waals surface area contributed by atoms with Crippen molar-refractivity contribution < 1.29 is 17.6 Å². The predicted octanol–water partition coefficient (Wildman–Crippen LogP) is 4.77. The van der Waals surface area contributed by atoms with E-state index in [-0.39, 0.29) is 6.54 Å². The molecule has 1 N–H and O–H groups in total. The van der Waals surface area contributed by atoms with E-state index in [2.05, 4.69) is 5.32 Å². The van der Waals surface area contributed by atoms with Gasteiger partial charge in [-0.15, -0.1) is 0 Å².